The zero-order valence-electron chi connectivity index (χ0n) is 25.9. The van der Waals surface area contributed by atoms with Gasteiger partial charge < -0.3 is 10.6 Å². The summed E-state index contributed by atoms with van der Waals surface area (Å²) in [6.07, 6.45) is 5.06. The summed E-state index contributed by atoms with van der Waals surface area (Å²) in [5.41, 5.74) is 4.49. The minimum absolute atomic E-state index is 0.00191. The number of hydrogen-bond donors (Lipinski definition) is 2. The maximum absolute atomic E-state index is 13.8. The van der Waals surface area contributed by atoms with Gasteiger partial charge in [-0.1, -0.05) is 45.4 Å². The van der Waals surface area contributed by atoms with E-state index in [1.807, 2.05) is 67.8 Å². The lowest BCUT2D eigenvalue weighted by atomic mass is 9.74. The molecule has 1 fully saturated rings. The largest absolute Gasteiger partial charge is 0.355 e. The molecule has 1 amide bonds. The smallest absolute Gasteiger partial charge is 0.261 e. The van der Waals surface area contributed by atoms with Gasteiger partial charge in [0.2, 0.25) is 0 Å². The fraction of sp³-hybridized carbons (Fsp3) is 0.389. The molecule has 1 saturated carbocycles. The van der Waals surface area contributed by atoms with Crippen LogP contribution in [-0.4, -0.2) is 15.5 Å². The van der Waals surface area contributed by atoms with Gasteiger partial charge in [-0.3, -0.25) is 14.2 Å². The summed E-state index contributed by atoms with van der Waals surface area (Å²) in [6.45, 7) is 12.4. The van der Waals surface area contributed by atoms with E-state index in [4.69, 9.17) is 0 Å². The molecule has 7 heteroatoms. The number of aryl methyl sites for hydroxylation is 1. The summed E-state index contributed by atoms with van der Waals surface area (Å²) in [5.74, 6) is 1.28. The molecule has 222 valence electrons. The molecule has 43 heavy (non-hydrogen) atoms. The fourth-order valence-corrected chi connectivity index (χ4v) is 6.23. The van der Waals surface area contributed by atoms with Crippen LogP contribution in [0.25, 0.3) is 10.9 Å². The highest BCUT2D eigenvalue weighted by Gasteiger charge is 2.32. The third-order valence-corrected chi connectivity index (χ3v) is 9.03. The Balaban J connectivity index is 1.40. The molecule has 5 rings (SSSR count). The molecule has 1 aliphatic carbocycles. The Morgan fingerprint density at radius 2 is 1.84 bits per heavy atom. The second-order valence-electron chi connectivity index (χ2n) is 13.0. The molecule has 3 aromatic carbocycles. The highest BCUT2D eigenvalue weighted by molar-refractivity contribution is 6.04. The van der Waals surface area contributed by atoms with Crippen molar-refractivity contribution in [3.8, 4) is 6.07 Å². The Bertz CT molecular complexity index is 1760. The van der Waals surface area contributed by atoms with Crippen LogP contribution in [0.4, 0.5) is 17.1 Å². The quantitative estimate of drug-likeness (QED) is 0.232. The van der Waals surface area contributed by atoms with Crippen LogP contribution in [0.1, 0.15) is 81.4 Å². The Hall–Kier alpha value is -4.44. The fourth-order valence-electron chi connectivity index (χ4n) is 6.23. The van der Waals surface area contributed by atoms with E-state index in [0.29, 0.717) is 39.9 Å². The van der Waals surface area contributed by atoms with E-state index in [9.17, 15) is 14.9 Å². The molecule has 1 aliphatic rings. The van der Waals surface area contributed by atoms with Gasteiger partial charge in [-0.2, -0.15) is 5.26 Å². The lowest BCUT2D eigenvalue weighted by molar-refractivity contribution is 0.102. The Labute approximate surface area is 254 Å². The number of fused-ring (bicyclic) bond motifs is 1. The van der Waals surface area contributed by atoms with E-state index in [-0.39, 0.29) is 17.5 Å². The van der Waals surface area contributed by atoms with Gasteiger partial charge >= 0.3 is 0 Å². The van der Waals surface area contributed by atoms with Crippen molar-refractivity contribution in [1.29, 1.82) is 5.26 Å². The lowest BCUT2D eigenvalue weighted by Crippen LogP contribution is -2.36. The van der Waals surface area contributed by atoms with Gasteiger partial charge in [0.25, 0.3) is 11.5 Å². The predicted molar refractivity (Wildman–Crippen MR) is 174 cm³/mol. The predicted octanol–water partition coefficient (Wildman–Crippen LogP) is 8.14. The highest BCUT2D eigenvalue weighted by atomic mass is 16.1. The number of benzene rings is 3. The molecule has 0 bridgehead atoms. The molecule has 0 spiro atoms. The van der Waals surface area contributed by atoms with Crippen molar-refractivity contribution in [2.75, 3.05) is 10.6 Å². The van der Waals surface area contributed by atoms with Crippen LogP contribution in [-0.2, 0) is 5.41 Å². The van der Waals surface area contributed by atoms with Gasteiger partial charge in [-0.25, -0.2) is 4.98 Å². The summed E-state index contributed by atoms with van der Waals surface area (Å²) in [4.78, 5) is 31.6. The average molecular weight is 576 g/mol. The van der Waals surface area contributed by atoms with Gasteiger partial charge in [0.1, 0.15) is 0 Å². The summed E-state index contributed by atoms with van der Waals surface area (Å²) in [7, 11) is 0. The summed E-state index contributed by atoms with van der Waals surface area (Å²) >= 11 is 0. The zero-order valence-corrected chi connectivity index (χ0v) is 25.9. The van der Waals surface area contributed by atoms with Crippen molar-refractivity contribution >= 4 is 33.9 Å². The molecule has 1 aromatic heterocycles. The molecule has 7 nitrogen and oxygen atoms in total. The monoisotopic (exact) mass is 575 g/mol. The highest BCUT2D eigenvalue weighted by Crippen LogP contribution is 2.40. The summed E-state index contributed by atoms with van der Waals surface area (Å²) in [6, 6.07) is 21.0. The molecule has 3 unspecified atom stereocenters. The van der Waals surface area contributed by atoms with Crippen molar-refractivity contribution in [3.63, 3.8) is 0 Å². The SMILES string of the molecule is Cc1ccc(NC(=O)c2cccc(C(C)(C)C#N)c2)cc1Nc1ccc2ncn(C3CC(C)CCC3C(C)C)c(=O)c2c1. The molecule has 0 aliphatic heterocycles. The number of nitriles is 1. The third-order valence-electron chi connectivity index (χ3n) is 9.03. The molecule has 4 aromatic rings. The third kappa shape index (κ3) is 6.34. The van der Waals surface area contributed by atoms with Gasteiger partial charge in [0.15, 0.2) is 0 Å². The molecule has 1 heterocycles. The number of hydrogen-bond acceptors (Lipinski definition) is 5. The molecule has 0 radical (unpaired) electrons. The normalized spacial score (nSPS) is 18.8. The Morgan fingerprint density at radius 3 is 2.58 bits per heavy atom. The van der Waals surface area contributed by atoms with E-state index in [0.717, 1.165) is 35.3 Å². The molecule has 0 saturated heterocycles. The first-order chi connectivity index (χ1) is 20.5. The first-order valence-electron chi connectivity index (χ1n) is 15.2. The molecular weight excluding hydrogens is 534 g/mol. The van der Waals surface area contributed by atoms with Crippen molar-refractivity contribution in [3.05, 3.63) is 94.0 Å². The number of nitrogens with zero attached hydrogens (tertiary/aromatic N) is 3. The molecular formula is C36H41N5O2. The van der Waals surface area contributed by atoms with E-state index < -0.39 is 5.41 Å². The second kappa shape index (κ2) is 12.0. The second-order valence-corrected chi connectivity index (χ2v) is 13.0. The number of rotatable bonds is 7. The van der Waals surface area contributed by atoms with Crippen LogP contribution in [0.2, 0.25) is 0 Å². The van der Waals surface area contributed by atoms with E-state index >= 15 is 0 Å². The number of carbonyl (C=O) groups excluding carboxylic acids is 1. The summed E-state index contributed by atoms with van der Waals surface area (Å²) in [5, 5.41) is 16.5. The van der Waals surface area contributed by atoms with E-state index in [1.165, 1.54) is 6.42 Å². The number of nitrogens with one attached hydrogen (secondary N) is 2. The van der Waals surface area contributed by atoms with Crippen molar-refractivity contribution in [2.45, 2.75) is 72.3 Å². The van der Waals surface area contributed by atoms with Crippen LogP contribution in [0, 0.1) is 36.0 Å². The van der Waals surface area contributed by atoms with Crippen LogP contribution in [0.5, 0.6) is 0 Å². The topological polar surface area (TPSA) is 99.8 Å². The molecule has 2 N–H and O–H groups in total. The van der Waals surface area contributed by atoms with E-state index in [1.54, 1.807) is 24.5 Å². The van der Waals surface area contributed by atoms with Gasteiger partial charge in [-0.15, -0.1) is 0 Å². The van der Waals surface area contributed by atoms with Gasteiger partial charge in [0, 0.05) is 28.7 Å². The van der Waals surface area contributed by atoms with Crippen LogP contribution >= 0.6 is 0 Å². The van der Waals surface area contributed by atoms with Crippen LogP contribution in [0.15, 0.2) is 71.8 Å². The Kier molecular flexibility index (Phi) is 8.41. The number of amides is 1. The summed E-state index contributed by atoms with van der Waals surface area (Å²) < 4.78 is 1.88. The maximum Gasteiger partial charge on any atom is 0.261 e. The van der Waals surface area contributed by atoms with Crippen molar-refractivity contribution < 1.29 is 4.79 Å². The van der Waals surface area contributed by atoms with Crippen LogP contribution < -0.4 is 16.2 Å². The first-order valence-corrected chi connectivity index (χ1v) is 15.2. The number of anilines is 3. The lowest BCUT2D eigenvalue weighted by Gasteiger charge is -2.38. The van der Waals surface area contributed by atoms with Crippen molar-refractivity contribution in [1.82, 2.24) is 9.55 Å². The zero-order chi connectivity index (χ0) is 30.9. The Morgan fingerprint density at radius 1 is 1.07 bits per heavy atom. The minimum atomic E-state index is -0.694. The maximum atomic E-state index is 13.8. The van der Waals surface area contributed by atoms with Crippen LogP contribution in [0.3, 0.4) is 0 Å². The van der Waals surface area contributed by atoms with E-state index in [2.05, 4.69) is 42.5 Å². The van der Waals surface area contributed by atoms with Gasteiger partial charge in [0.05, 0.1) is 28.7 Å². The minimum Gasteiger partial charge on any atom is -0.355 e. The molecule has 3 atom stereocenters. The standard InChI is InChI=1S/C36H41N5O2/c1-22(2)29-14-10-23(3)16-33(29)41-21-38-31-15-13-27(18-30(31)35(41)43)39-32-19-28(12-11-24(32)4)40-34(42)25-8-7-9-26(17-25)36(5,6)20-37/h7-9,11-13,15,17-19,21-23,29,33,39H,10,14,16H2,1-6H3,(H,40,42). The number of carbonyl (C=O) groups is 1. The number of aromatic nitrogens is 2. The average Bonchev–Trinajstić information content (AvgIpc) is 2.99. The first kappa shape index (κ1) is 30.0. The van der Waals surface area contributed by atoms with Gasteiger partial charge in [-0.05, 0) is 105 Å². The van der Waals surface area contributed by atoms with Crippen molar-refractivity contribution in [2.24, 2.45) is 17.8 Å².